The Morgan fingerprint density at radius 3 is 2.78 bits per heavy atom. The van der Waals surface area contributed by atoms with Crippen LogP contribution in [0.5, 0.6) is 0 Å². The number of carbonyl (C=O) groups is 1. The van der Waals surface area contributed by atoms with Crippen LogP contribution in [-0.2, 0) is 21.3 Å². The molecule has 0 aromatic carbocycles. The minimum Gasteiger partial charge on any atom is -0.458 e. The Balaban J connectivity index is 1.88. The normalized spacial score (nSPS) is 22.1. The van der Waals surface area contributed by atoms with Crippen molar-refractivity contribution in [3.05, 3.63) is 23.5 Å². The summed E-state index contributed by atoms with van der Waals surface area (Å²) >= 11 is 0. The fourth-order valence-corrected chi connectivity index (χ4v) is 1.91. The second kappa shape index (κ2) is 4.74. The third-order valence-corrected chi connectivity index (χ3v) is 3.05. The molecule has 18 heavy (non-hydrogen) atoms. The Hall–Kier alpha value is -1.33. The summed E-state index contributed by atoms with van der Waals surface area (Å²) in [6.45, 7) is 6.29. The molecule has 1 atom stereocenters. The van der Waals surface area contributed by atoms with Crippen molar-refractivity contribution >= 4 is 5.97 Å². The predicted molar refractivity (Wildman–Crippen MR) is 65.3 cm³/mol. The quantitative estimate of drug-likeness (QED) is 0.768. The average Bonchev–Trinajstić information content (AvgIpc) is 2.80. The van der Waals surface area contributed by atoms with Gasteiger partial charge in [-0.3, -0.25) is 0 Å². The van der Waals surface area contributed by atoms with Crippen LogP contribution in [-0.4, -0.2) is 35.6 Å². The molecule has 0 amide bonds. The van der Waals surface area contributed by atoms with E-state index >= 15 is 0 Å². The van der Waals surface area contributed by atoms with Crippen LogP contribution >= 0.6 is 0 Å². The average molecular weight is 253 g/mol. The first-order valence-corrected chi connectivity index (χ1v) is 6.00. The van der Waals surface area contributed by atoms with Gasteiger partial charge in [-0.05, 0) is 32.9 Å². The highest BCUT2D eigenvalue weighted by atomic mass is 16.7. The zero-order valence-corrected chi connectivity index (χ0v) is 11.2. The molecule has 1 aliphatic heterocycles. The number of esters is 1. The molecule has 0 radical (unpaired) electrons. The molecule has 1 saturated heterocycles. The molecule has 2 rings (SSSR count). The number of aromatic nitrogens is 1. The molecule has 0 saturated carbocycles. The molecule has 1 fully saturated rings. The van der Waals surface area contributed by atoms with Gasteiger partial charge in [-0.2, -0.15) is 0 Å². The lowest BCUT2D eigenvalue weighted by Crippen LogP contribution is -2.25. The molecular weight excluding hydrogens is 234 g/mol. The van der Waals surface area contributed by atoms with Gasteiger partial charge in [0.1, 0.15) is 18.4 Å². The Labute approximate surface area is 107 Å². The van der Waals surface area contributed by atoms with Crippen LogP contribution in [0.3, 0.4) is 0 Å². The van der Waals surface area contributed by atoms with E-state index < -0.39 is 5.79 Å². The summed E-state index contributed by atoms with van der Waals surface area (Å²) in [5.41, 5.74) is 1.56. The highest BCUT2D eigenvalue weighted by Crippen LogP contribution is 2.22. The lowest BCUT2D eigenvalue weighted by molar-refractivity contribution is -0.142. The van der Waals surface area contributed by atoms with Gasteiger partial charge in [0.15, 0.2) is 5.79 Å². The van der Waals surface area contributed by atoms with Crippen molar-refractivity contribution in [1.82, 2.24) is 4.57 Å². The Morgan fingerprint density at radius 2 is 2.28 bits per heavy atom. The van der Waals surface area contributed by atoms with Gasteiger partial charge in [-0.1, -0.05) is 0 Å². The zero-order chi connectivity index (χ0) is 13.3. The number of aryl methyl sites for hydroxylation is 1. The fourth-order valence-electron chi connectivity index (χ4n) is 1.91. The van der Waals surface area contributed by atoms with E-state index in [2.05, 4.69) is 0 Å². The number of nitrogens with zero attached hydrogens (tertiary/aromatic N) is 1. The summed E-state index contributed by atoms with van der Waals surface area (Å²) in [7, 11) is 1.84. The van der Waals surface area contributed by atoms with Crippen LogP contribution in [0, 0.1) is 6.92 Å². The minimum absolute atomic E-state index is 0.190. The third kappa shape index (κ3) is 2.73. The van der Waals surface area contributed by atoms with E-state index in [1.807, 2.05) is 33.9 Å². The Bertz CT molecular complexity index is 450. The van der Waals surface area contributed by atoms with Crippen LogP contribution in [0.25, 0.3) is 0 Å². The highest BCUT2D eigenvalue weighted by Gasteiger charge is 2.33. The summed E-state index contributed by atoms with van der Waals surface area (Å²) in [6.07, 6.45) is -0.190. The smallest absolute Gasteiger partial charge is 0.355 e. The molecule has 0 bridgehead atoms. The van der Waals surface area contributed by atoms with E-state index in [1.165, 1.54) is 0 Å². The first-order valence-electron chi connectivity index (χ1n) is 6.00. The van der Waals surface area contributed by atoms with Crippen LogP contribution in [0.4, 0.5) is 0 Å². The van der Waals surface area contributed by atoms with Crippen molar-refractivity contribution in [3.8, 4) is 0 Å². The largest absolute Gasteiger partial charge is 0.458 e. The van der Waals surface area contributed by atoms with E-state index in [0.29, 0.717) is 12.3 Å². The minimum atomic E-state index is -0.585. The topological polar surface area (TPSA) is 49.7 Å². The molecule has 1 aliphatic rings. The van der Waals surface area contributed by atoms with Crippen molar-refractivity contribution < 1.29 is 19.0 Å². The van der Waals surface area contributed by atoms with Crippen molar-refractivity contribution in [2.24, 2.45) is 7.05 Å². The van der Waals surface area contributed by atoms with E-state index in [9.17, 15) is 4.79 Å². The van der Waals surface area contributed by atoms with Gasteiger partial charge < -0.3 is 18.8 Å². The van der Waals surface area contributed by atoms with Crippen LogP contribution in [0.1, 0.15) is 30.0 Å². The molecule has 5 nitrogen and oxygen atoms in total. The van der Waals surface area contributed by atoms with E-state index in [4.69, 9.17) is 14.2 Å². The molecule has 5 heteroatoms. The molecule has 0 N–H and O–H groups in total. The first kappa shape index (κ1) is 13.1. The Morgan fingerprint density at radius 1 is 1.56 bits per heavy atom. The van der Waals surface area contributed by atoms with Gasteiger partial charge in [0.25, 0.3) is 0 Å². The molecule has 100 valence electrons. The number of ether oxygens (including phenoxy) is 3. The van der Waals surface area contributed by atoms with E-state index in [1.54, 1.807) is 10.6 Å². The standard InChI is InChI=1S/C13H19NO4/c1-9-5-6-11(14(9)4)12(15)16-7-10-8-17-13(2,3)18-10/h5-6,10H,7-8H2,1-4H3/t10-/m0/s1. The van der Waals surface area contributed by atoms with Crippen molar-refractivity contribution in [2.45, 2.75) is 32.7 Å². The fraction of sp³-hybridized carbons (Fsp3) is 0.615. The maximum atomic E-state index is 11.9. The van der Waals surface area contributed by atoms with Gasteiger partial charge in [0.2, 0.25) is 0 Å². The van der Waals surface area contributed by atoms with Crippen molar-refractivity contribution in [1.29, 1.82) is 0 Å². The maximum Gasteiger partial charge on any atom is 0.355 e. The van der Waals surface area contributed by atoms with Crippen LogP contribution in [0.15, 0.2) is 12.1 Å². The number of hydrogen-bond donors (Lipinski definition) is 0. The van der Waals surface area contributed by atoms with Gasteiger partial charge in [-0.25, -0.2) is 4.79 Å². The number of hydrogen-bond acceptors (Lipinski definition) is 4. The molecule has 0 spiro atoms. The second-order valence-electron chi connectivity index (χ2n) is 4.97. The Kier molecular flexibility index (Phi) is 3.45. The molecule has 2 heterocycles. The number of carbonyl (C=O) groups excluding carboxylic acids is 1. The van der Waals surface area contributed by atoms with Crippen molar-refractivity contribution in [3.63, 3.8) is 0 Å². The maximum absolute atomic E-state index is 11.9. The van der Waals surface area contributed by atoms with Crippen LogP contribution in [0.2, 0.25) is 0 Å². The summed E-state index contributed by atoms with van der Waals surface area (Å²) < 4.78 is 18.0. The van der Waals surface area contributed by atoms with E-state index in [-0.39, 0.29) is 18.7 Å². The monoisotopic (exact) mass is 253 g/mol. The summed E-state index contributed by atoms with van der Waals surface area (Å²) in [4.78, 5) is 11.9. The third-order valence-electron chi connectivity index (χ3n) is 3.05. The lowest BCUT2D eigenvalue weighted by Gasteiger charge is -2.17. The zero-order valence-electron chi connectivity index (χ0n) is 11.2. The van der Waals surface area contributed by atoms with Gasteiger partial charge in [-0.15, -0.1) is 0 Å². The highest BCUT2D eigenvalue weighted by molar-refractivity contribution is 5.87. The first-order chi connectivity index (χ1) is 8.39. The van der Waals surface area contributed by atoms with E-state index in [0.717, 1.165) is 5.69 Å². The molecule has 0 aliphatic carbocycles. The SMILES string of the molecule is Cc1ccc(C(=O)OC[C@H]2COC(C)(C)O2)n1C. The predicted octanol–water partition coefficient (Wildman–Crippen LogP) is 1.64. The molecule has 1 aromatic rings. The summed E-state index contributed by atoms with van der Waals surface area (Å²) in [5, 5.41) is 0. The lowest BCUT2D eigenvalue weighted by atomic mass is 10.4. The summed E-state index contributed by atoms with van der Waals surface area (Å²) in [5.74, 6) is -0.919. The van der Waals surface area contributed by atoms with Crippen molar-refractivity contribution in [2.75, 3.05) is 13.2 Å². The number of rotatable bonds is 3. The van der Waals surface area contributed by atoms with Gasteiger partial charge in [0.05, 0.1) is 6.61 Å². The molecule has 0 unspecified atom stereocenters. The summed E-state index contributed by atoms with van der Waals surface area (Å²) in [6, 6.07) is 3.64. The van der Waals surface area contributed by atoms with Gasteiger partial charge >= 0.3 is 5.97 Å². The molecular formula is C13H19NO4. The second-order valence-corrected chi connectivity index (χ2v) is 4.97. The van der Waals surface area contributed by atoms with Crippen LogP contribution < -0.4 is 0 Å². The molecule has 1 aromatic heterocycles. The van der Waals surface area contributed by atoms with Gasteiger partial charge in [0, 0.05) is 12.7 Å².